The van der Waals surface area contributed by atoms with Gasteiger partial charge in [0.05, 0.1) is 12.7 Å². The molecule has 0 amide bonds. The predicted octanol–water partition coefficient (Wildman–Crippen LogP) is 2.87. The predicted molar refractivity (Wildman–Crippen MR) is 68.2 cm³/mol. The second-order valence-electron chi connectivity index (χ2n) is 4.68. The van der Waals surface area contributed by atoms with Crippen LogP contribution in [0.4, 0.5) is 0 Å². The van der Waals surface area contributed by atoms with Gasteiger partial charge in [-0.25, -0.2) is 4.79 Å². The molecule has 0 radical (unpaired) electrons. The van der Waals surface area contributed by atoms with Crippen LogP contribution in [0.1, 0.15) is 31.1 Å². The van der Waals surface area contributed by atoms with E-state index in [1.165, 1.54) is 19.2 Å². The molecule has 0 heterocycles. The summed E-state index contributed by atoms with van der Waals surface area (Å²) in [7, 11) is 1.41. The fourth-order valence-electron chi connectivity index (χ4n) is 1.29. The SMILES string of the molecule is COc1ccc(Cl)cc1C(=O)C(=O)OC(C)(C)C. The summed E-state index contributed by atoms with van der Waals surface area (Å²) < 4.78 is 10.0. The van der Waals surface area contributed by atoms with Gasteiger partial charge in [-0.2, -0.15) is 0 Å². The number of carbonyl (C=O) groups is 2. The summed E-state index contributed by atoms with van der Waals surface area (Å²) in [5.41, 5.74) is -0.627. The molecule has 0 unspecified atom stereocenters. The number of methoxy groups -OCH3 is 1. The normalized spacial score (nSPS) is 10.9. The molecule has 1 rings (SSSR count). The third-order valence-corrected chi connectivity index (χ3v) is 2.23. The molecule has 0 aliphatic heterocycles. The van der Waals surface area contributed by atoms with Crippen LogP contribution in [-0.4, -0.2) is 24.5 Å². The van der Waals surface area contributed by atoms with Crippen LogP contribution in [0.15, 0.2) is 18.2 Å². The van der Waals surface area contributed by atoms with E-state index in [1.807, 2.05) is 0 Å². The van der Waals surface area contributed by atoms with Gasteiger partial charge in [-0.3, -0.25) is 4.79 Å². The molecule has 0 bridgehead atoms. The summed E-state index contributed by atoms with van der Waals surface area (Å²) in [6, 6.07) is 4.48. The van der Waals surface area contributed by atoms with Crippen LogP contribution in [0, 0.1) is 0 Å². The Morgan fingerprint density at radius 2 is 1.83 bits per heavy atom. The zero-order valence-electron chi connectivity index (χ0n) is 10.7. The van der Waals surface area contributed by atoms with Gasteiger partial charge in [-0.15, -0.1) is 0 Å². The highest BCUT2D eigenvalue weighted by molar-refractivity contribution is 6.42. The van der Waals surface area contributed by atoms with Crippen molar-refractivity contribution in [2.24, 2.45) is 0 Å². The third-order valence-electron chi connectivity index (χ3n) is 1.99. The Kier molecular flexibility index (Phi) is 4.35. The summed E-state index contributed by atoms with van der Waals surface area (Å²) in [6.45, 7) is 5.06. The molecule has 0 aromatic heterocycles. The number of ether oxygens (including phenoxy) is 2. The Hall–Kier alpha value is -1.55. The Bertz CT molecular complexity index is 474. The maximum absolute atomic E-state index is 11.9. The lowest BCUT2D eigenvalue weighted by atomic mass is 10.1. The second kappa shape index (κ2) is 5.40. The molecule has 98 valence electrons. The summed E-state index contributed by atoms with van der Waals surface area (Å²) >= 11 is 5.80. The molecule has 18 heavy (non-hydrogen) atoms. The van der Waals surface area contributed by atoms with Gasteiger partial charge in [0.2, 0.25) is 0 Å². The van der Waals surface area contributed by atoms with Crippen molar-refractivity contribution in [3.05, 3.63) is 28.8 Å². The van der Waals surface area contributed by atoms with Crippen molar-refractivity contribution in [3.8, 4) is 5.75 Å². The molecule has 0 spiro atoms. The first-order chi connectivity index (χ1) is 8.24. The average Bonchev–Trinajstić information content (AvgIpc) is 2.25. The number of halogens is 1. The van der Waals surface area contributed by atoms with E-state index in [9.17, 15) is 9.59 Å². The van der Waals surface area contributed by atoms with E-state index in [0.29, 0.717) is 5.02 Å². The maximum atomic E-state index is 11.9. The van der Waals surface area contributed by atoms with E-state index >= 15 is 0 Å². The zero-order chi connectivity index (χ0) is 13.9. The molecule has 0 aliphatic carbocycles. The average molecular weight is 271 g/mol. The van der Waals surface area contributed by atoms with Crippen LogP contribution >= 0.6 is 11.6 Å². The van der Waals surface area contributed by atoms with Crippen LogP contribution in [0.5, 0.6) is 5.75 Å². The van der Waals surface area contributed by atoms with Crippen LogP contribution in [0.3, 0.4) is 0 Å². The van der Waals surface area contributed by atoms with Crippen LogP contribution in [0.25, 0.3) is 0 Å². The molecular formula is C13H15ClO4. The fraction of sp³-hybridized carbons (Fsp3) is 0.385. The minimum atomic E-state index is -0.928. The van der Waals surface area contributed by atoms with Gasteiger partial charge in [-0.05, 0) is 39.0 Å². The highest BCUT2D eigenvalue weighted by Crippen LogP contribution is 2.24. The van der Waals surface area contributed by atoms with Gasteiger partial charge in [0.1, 0.15) is 11.4 Å². The van der Waals surface area contributed by atoms with Gasteiger partial charge >= 0.3 is 5.97 Å². The Labute approximate surface area is 111 Å². The highest BCUT2D eigenvalue weighted by atomic mass is 35.5. The first-order valence-corrected chi connectivity index (χ1v) is 5.73. The van der Waals surface area contributed by atoms with E-state index < -0.39 is 17.4 Å². The zero-order valence-corrected chi connectivity index (χ0v) is 11.5. The third kappa shape index (κ3) is 3.74. The van der Waals surface area contributed by atoms with Crippen LogP contribution < -0.4 is 4.74 Å². The molecule has 5 heteroatoms. The number of ketones is 1. The van der Waals surface area contributed by atoms with Crippen molar-refractivity contribution >= 4 is 23.4 Å². The molecule has 0 saturated carbocycles. The van der Waals surface area contributed by atoms with E-state index in [2.05, 4.69) is 0 Å². The quantitative estimate of drug-likeness (QED) is 0.481. The number of carbonyl (C=O) groups excluding carboxylic acids is 2. The molecule has 4 nitrogen and oxygen atoms in total. The van der Waals surface area contributed by atoms with Crippen LogP contribution in [0.2, 0.25) is 5.02 Å². The minimum absolute atomic E-state index is 0.0965. The van der Waals surface area contributed by atoms with Crippen molar-refractivity contribution in [1.82, 2.24) is 0 Å². The van der Waals surface area contributed by atoms with E-state index in [0.717, 1.165) is 0 Å². The second-order valence-corrected chi connectivity index (χ2v) is 5.11. The standard InChI is InChI=1S/C13H15ClO4/c1-13(2,3)18-12(16)11(15)9-7-8(14)5-6-10(9)17-4/h5-7H,1-4H3. The lowest BCUT2D eigenvalue weighted by molar-refractivity contribution is -0.148. The number of esters is 1. The number of rotatable bonds is 3. The lowest BCUT2D eigenvalue weighted by Crippen LogP contribution is -2.29. The summed E-state index contributed by atoms with van der Waals surface area (Å²) in [5, 5.41) is 0.350. The van der Waals surface area contributed by atoms with Crippen molar-refractivity contribution < 1.29 is 19.1 Å². The Morgan fingerprint density at radius 3 is 2.33 bits per heavy atom. The minimum Gasteiger partial charge on any atom is -0.496 e. The van der Waals surface area contributed by atoms with Crippen molar-refractivity contribution in [1.29, 1.82) is 0 Å². The lowest BCUT2D eigenvalue weighted by Gasteiger charge is -2.19. The smallest absolute Gasteiger partial charge is 0.380 e. The number of hydrogen-bond acceptors (Lipinski definition) is 4. The monoisotopic (exact) mass is 270 g/mol. The molecular weight excluding hydrogens is 256 g/mol. The molecule has 1 aromatic rings. The number of hydrogen-bond donors (Lipinski definition) is 0. The number of Topliss-reactive ketones (excluding diaryl/α,β-unsaturated/α-hetero) is 1. The van der Waals surface area contributed by atoms with E-state index in [1.54, 1.807) is 26.8 Å². The van der Waals surface area contributed by atoms with Gasteiger partial charge in [0.15, 0.2) is 0 Å². The summed E-state index contributed by atoms with van der Waals surface area (Å²) in [4.78, 5) is 23.6. The highest BCUT2D eigenvalue weighted by Gasteiger charge is 2.26. The van der Waals surface area contributed by atoms with Crippen molar-refractivity contribution in [3.63, 3.8) is 0 Å². The van der Waals surface area contributed by atoms with E-state index in [4.69, 9.17) is 21.1 Å². The summed E-state index contributed by atoms with van der Waals surface area (Å²) in [5.74, 6) is -1.41. The van der Waals surface area contributed by atoms with Crippen molar-refractivity contribution in [2.45, 2.75) is 26.4 Å². The van der Waals surface area contributed by atoms with Crippen molar-refractivity contribution in [2.75, 3.05) is 7.11 Å². The van der Waals surface area contributed by atoms with E-state index in [-0.39, 0.29) is 11.3 Å². The largest absolute Gasteiger partial charge is 0.496 e. The van der Waals surface area contributed by atoms with Crippen LogP contribution in [-0.2, 0) is 9.53 Å². The molecule has 0 fully saturated rings. The Morgan fingerprint density at radius 1 is 1.22 bits per heavy atom. The molecule has 0 saturated heterocycles. The maximum Gasteiger partial charge on any atom is 0.380 e. The molecule has 0 N–H and O–H groups in total. The first kappa shape index (κ1) is 14.5. The van der Waals surface area contributed by atoms with Gasteiger partial charge in [-0.1, -0.05) is 11.6 Å². The van der Waals surface area contributed by atoms with Gasteiger partial charge in [0, 0.05) is 5.02 Å². The molecule has 1 aromatic carbocycles. The van der Waals surface area contributed by atoms with Gasteiger partial charge < -0.3 is 9.47 Å². The summed E-state index contributed by atoms with van der Waals surface area (Å²) in [6.07, 6.45) is 0. The Balaban J connectivity index is 3.03. The fourth-order valence-corrected chi connectivity index (χ4v) is 1.46. The molecule has 0 aliphatic rings. The first-order valence-electron chi connectivity index (χ1n) is 5.36. The molecule has 0 atom stereocenters. The number of benzene rings is 1. The topological polar surface area (TPSA) is 52.6 Å². The van der Waals surface area contributed by atoms with Gasteiger partial charge in [0.25, 0.3) is 5.78 Å².